The SMILES string of the molecule is CCC(CC)(C(=O)N1CCCC(C(C)C)CC1)C(N)=NO. The van der Waals surface area contributed by atoms with Gasteiger partial charge in [0, 0.05) is 13.1 Å². The first-order valence-corrected chi connectivity index (χ1v) is 8.20. The highest BCUT2D eigenvalue weighted by atomic mass is 16.4. The first-order chi connectivity index (χ1) is 9.92. The van der Waals surface area contributed by atoms with Crippen molar-refractivity contribution in [1.29, 1.82) is 0 Å². The van der Waals surface area contributed by atoms with Crippen LogP contribution in [0.5, 0.6) is 0 Å². The van der Waals surface area contributed by atoms with Gasteiger partial charge in [0.15, 0.2) is 5.84 Å². The van der Waals surface area contributed by atoms with Gasteiger partial charge in [-0.1, -0.05) is 32.9 Å². The number of carbonyl (C=O) groups excluding carboxylic acids is 1. The Morgan fingerprint density at radius 1 is 1.33 bits per heavy atom. The van der Waals surface area contributed by atoms with Crippen LogP contribution in [0.2, 0.25) is 0 Å². The number of amidine groups is 1. The van der Waals surface area contributed by atoms with Gasteiger partial charge in [-0.15, -0.1) is 0 Å². The minimum absolute atomic E-state index is 0.0206. The minimum Gasteiger partial charge on any atom is -0.409 e. The lowest BCUT2D eigenvalue weighted by Crippen LogP contribution is -2.51. The predicted octanol–water partition coefficient (Wildman–Crippen LogP) is 2.82. The van der Waals surface area contributed by atoms with E-state index in [0.717, 1.165) is 25.9 Å². The summed E-state index contributed by atoms with van der Waals surface area (Å²) < 4.78 is 0. The van der Waals surface area contributed by atoms with E-state index < -0.39 is 5.41 Å². The normalized spacial score (nSPS) is 21.5. The van der Waals surface area contributed by atoms with Crippen LogP contribution in [0, 0.1) is 17.3 Å². The Hall–Kier alpha value is -1.26. The summed E-state index contributed by atoms with van der Waals surface area (Å²) in [7, 11) is 0. The summed E-state index contributed by atoms with van der Waals surface area (Å²) >= 11 is 0. The minimum atomic E-state index is -0.855. The average molecular weight is 297 g/mol. The number of carbonyl (C=O) groups is 1. The van der Waals surface area contributed by atoms with Gasteiger partial charge in [-0.3, -0.25) is 4.79 Å². The van der Waals surface area contributed by atoms with Gasteiger partial charge >= 0.3 is 0 Å². The van der Waals surface area contributed by atoms with Gasteiger partial charge in [-0.2, -0.15) is 0 Å². The summed E-state index contributed by atoms with van der Waals surface area (Å²) in [5, 5.41) is 12.2. The van der Waals surface area contributed by atoms with E-state index in [0.29, 0.717) is 24.7 Å². The molecule has 1 fully saturated rings. The van der Waals surface area contributed by atoms with Crippen LogP contribution >= 0.6 is 0 Å². The molecular formula is C16H31N3O2. The van der Waals surface area contributed by atoms with Crippen LogP contribution in [0.3, 0.4) is 0 Å². The van der Waals surface area contributed by atoms with Gasteiger partial charge < -0.3 is 15.8 Å². The molecule has 1 amide bonds. The number of oxime groups is 1. The average Bonchev–Trinajstić information content (AvgIpc) is 2.74. The summed E-state index contributed by atoms with van der Waals surface area (Å²) in [6.45, 7) is 9.91. The molecule has 1 saturated heterocycles. The molecule has 1 atom stereocenters. The van der Waals surface area contributed by atoms with Crippen molar-refractivity contribution in [3.63, 3.8) is 0 Å². The fraction of sp³-hybridized carbons (Fsp3) is 0.875. The van der Waals surface area contributed by atoms with Crippen LogP contribution in [0.25, 0.3) is 0 Å². The number of amides is 1. The zero-order chi connectivity index (χ0) is 16.0. The Labute approximate surface area is 128 Å². The molecule has 1 rings (SSSR count). The molecular weight excluding hydrogens is 266 g/mol. The van der Waals surface area contributed by atoms with Crippen molar-refractivity contribution in [2.45, 2.75) is 59.8 Å². The highest BCUT2D eigenvalue weighted by Crippen LogP contribution is 2.32. The topological polar surface area (TPSA) is 78.9 Å². The second-order valence-corrected chi connectivity index (χ2v) is 6.50. The van der Waals surface area contributed by atoms with E-state index in [9.17, 15) is 4.79 Å². The van der Waals surface area contributed by atoms with Crippen molar-refractivity contribution in [3.8, 4) is 0 Å². The van der Waals surface area contributed by atoms with Gasteiger partial charge in [0.25, 0.3) is 0 Å². The van der Waals surface area contributed by atoms with Gasteiger partial charge in [-0.25, -0.2) is 0 Å². The molecule has 0 radical (unpaired) electrons. The highest BCUT2D eigenvalue weighted by Gasteiger charge is 2.42. The van der Waals surface area contributed by atoms with E-state index in [1.807, 2.05) is 18.7 Å². The molecule has 0 saturated carbocycles. The van der Waals surface area contributed by atoms with Crippen molar-refractivity contribution < 1.29 is 10.0 Å². The number of nitrogens with zero attached hydrogens (tertiary/aromatic N) is 2. The van der Waals surface area contributed by atoms with Crippen LogP contribution in [0.15, 0.2) is 5.16 Å². The quantitative estimate of drug-likeness (QED) is 0.354. The molecule has 3 N–H and O–H groups in total. The second-order valence-electron chi connectivity index (χ2n) is 6.50. The molecule has 1 aliphatic heterocycles. The summed E-state index contributed by atoms with van der Waals surface area (Å²) in [5.74, 6) is 1.41. The van der Waals surface area contributed by atoms with Gasteiger partial charge in [0.2, 0.25) is 5.91 Å². The fourth-order valence-electron chi connectivity index (χ4n) is 3.41. The summed E-state index contributed by atoms with van der Waals surface area (Å²) in [5.41, 5.74) is 4.99. The summed E-state index contributed by atoms with van der Waals surface area (Å²) in [4.78, 5) is 14.9. The van der Waals surface area contributed by atoms with Crippen LogP contribution in [-0.4, -0.2) is 34.9 Å². The Morgan fingerprint density at radius 3 is 2.43 bits per heavy atom. The summed E-state index contributed by atoms with van der Waals surface area (Å²) in [6, 6.07) is 0. The molecule has 5 heteroatoms. The number of rotatable bonds is 5. The van der Waals surface area contributed by atoms with Crippen molar-refractivity contribution in [3.05, 3.63) is 0 Å². The Morgan fingerprint density at radius 2 is 1.95 bits per heavy atom. The molecule has 5 nitrogen and oxygen atoms in total. The van der Waals surface area contributed by atoms with E-state index in [-0.39, 0.29) is 11.7 Å². The number of hydrogen-bond donors (Lipinski definition) is 2. The lowest BCUT2D eigenvalue weighted by molar-refractivity contribution is -0.138. The predicted molar refractivity (Wildman–Crippen MR) is 85.2 cm³/mol. The van der Waals surface area contributed by atoms with E-state index in [1.165, 1.54) is 6.42 Å². The molecule has 0 spiro atoms. The van der Waals surface area contributed by atoms with Crippen molar-refractivity contribution >= 4 is 11.7 Å². The monoisotopic (exact) mass is 297 g/mol. The maximum absolute atomic E-state index is 13.0. The lowest BCUT2D eigenvalue weighted by Gasteiger charge is -2.34. The molecule has 1 aliphatic rings. The molecule has 0 aromatic heterocycles. The maximum Gasteiger partial charge on any atom is 0.236 e. The van der Waals surface area contributed by atoms with Crippen LogP contribution in [-0.2, 0) is 4.79 Å². The molecule has 0 aromatic rings. The number of hydrogen-bond acceptors (Lipinski definition) is 3. The van der Waals surface area contributed by atoms with Crippen LogP contribution in [0.4, 0.5) is 0 Å². The molecule has 122 valence electrons. The highest BCUT2D eigenvalue weighted by molar-refractivity contribution is 6.06. The first-order valence-electron chi connectivity index (χ1n) is 8.20. The van der Waals surface area contributed by atoms with E-state index in [2.05, 4.69) is 19.0 Å². The zero-order valence-corrected chi connectivity index (χ0v) is 13.9. The van der Waals surface area contributed by atoms with Crippen molar-refractivity contribution in [1.82, 2.24) is 4.90 Å². The summed E-state index contributed by atoms with van der Waals surface area (Å²) in [6.07, 6.45) is 4.37. The van der Waals surface area contributed by atoms with Crippen LogP contribution < -0.4 is 5.73 Å². The van der Waals surface area contributed by atoms with Crippen molar-refractivity contribution in [2.75, 3.05) is 13.1 Å². The van der Waals surface area contributed by atoms with E-state index >= 15 is 0 Å². The number of likely N-dealkylation sites (tertiary alicyclic amines) is 1. The fourth-order valence-corrected chi connectivity index (χ4v) is 3.41. The first kappa shape index (κ1) is 17.8. The standard InChI is InChI=1S/C16H31N3O2/c1-5-16(6-2,14(17)18-21)15(20)19-10-7-8-13(9-11-19)12(3)4/h12-13,21H,5-11H2,1-4H3,(H2,17,18). The third-order valence-corrected chi connectivity index (χ3v) is 5.22. The zero-order valence-electron chi connectivity index (χ0n) is 13.9. The maximum atomic E-state index is 13.0. The number of nitrogens with two attached hydrogens (primary N) is 1. The van der Waals surface area contributed by atoms with Crippen LogP contribution in [0.1, 0.15) is 59.8 Å². The Bertz CT molecular complexity index is 376. The second kappa shape index (κ2) is 7.66. The van der Waals surface area contributed by atoms with Gasteiger partial charge in [0.1, 0.15) is 5.41 Å². The molecule has 1 unspecified atom stereocenters. The molecule has 1 heterocycles. The molecule has 21 heavy (non-hydrogen) atoms. The van der Waals surface area contributed by atoms with E-state index in [4.69, 9.17) is 10.9 Å². The van der Waals surface area contributed by atoms with Gasteiger partial charge in [-0.05, 0) is 43.9 Å². The van der Waals surface area contributed by atoms with E-state index in [1.54, 1.807) is 0 Å². The Balaban J connectivity index is 2.90. The smallest absolute Gasteiger partial charge is 0.236 e. The van der Waals surface area contributed by atoms with Gasteiger partial charge in [0.05, 0.1) is 0 Å². The lowest BCUT2D eigenvalue weighted by atomic mass is 9.79. The largest absolute Gasteiger partial charge is 0.409 e. The molecule has 0 bridgehead atoms. The van der Waals surface area contributed by atoms with Crippen molar-refractivity contribution in [2.24, 2.45) is 28.1 Å². The molecule has 0 aliphatic carbocycles. The Kier molecular flexibility index (Phi) is 6.49. The third kappa shape index (κ3) is 3.69. The third-order valence-electron chi connectivity index (χ3n) is 5.22. The molecule has 0 aromatic carbocycles.